The average Bonchev–Trinajstić information content (AvgIpc) is 3.35. The van der Waals surface area contributed by atoms with Crippen molar-refractivity contribution in [2.45, 2.75) is 19.8 Å². The molecule has 162 valence electrons. The quantitative estimate of drug-likeness (QED) is 0.367. The van der Waals surface area contributed by atoms with Crippen molar-refractivity contribution in [2.24, 2.45) is 12.0 Å². The van der Waals surface area contributed by atoms with Crippen molar-refractivity contribution < 1.29 is 9.53 Å². The van der Waals surface area contributed by atoms with Crippen molar-refractivity contribution in [2.75, 3.05) is 44.2 Å². The number of carbonyl (C=O) groups excluding carboxylic acids is 1. The topological polar surface area (TPSA) is 75.0 Å². The van der Waals surface area contributed by atoms with Gasteiger partial charge in [0.05, 0.1) is 18.5 Å². The summed E-state index contributed by atoms with van der Waals surface area (Å²) < 4.78 is 7.29. The predicted octanol–water partition coefficient (Wildman–Crippen LogP) is 1.83. The minimum atomic E-state index is 0. The lowest BCUT2D eigenvalue weighted by Crippen LogP contribution is -2.55. The Morgan fingerprint density at radius 3 is 2.93 bits per heavy atom. The molecule has 1 amide bonds. The monoisotopic (exact) mass is 524 g/mol. The number of aryl methyl sites for hydroxylation is 1. The number of piperazine rings is 1. The zero-order valence-electron chi connectivity index (χ0n) is 17.5. The smallest absolute Gasteiger partial charge is 0.246 e. The summed E-state index contributed by atoms with van der Waals surface area (Å²) >= 11 is 0. The molecule has 8 nitrogen and oxygen atoms in total. The SMILES string of the molecule is CCNC(=NCCc1ccc2c(c1)CCO2)N1CCN(c2cnn(C)c2)C(=O)C1.I. The van der Waals surface area contributed by atoms with Crippen molar-refractivity contribution in [3.63, 3.8) is 0 Å². The average molecular weight is 524 g/mol. The minimum Gasteiger partial charge on any atom is -0.493 e. The van der Waals surface area contributed by atoms with Crippen LogP contribution in [0.5, 0.6) is 5.75 Å². The lowest BCUT2D eigenvalue weighted by atomic mass is 10.1. The number of hydrogen-bond acceptors (Lipinski definition) is 4. The lowest BCUT2D eigenvalue weighted by molar-refractivity contribution is -0.120. The highest BCUT2D eigenvalue weighted by Crippen LogP contribution is 2.26. The molecule has 0 bridgehead atoms. The van der Waals surface area contributed by atoms with Crippen LogP contribution in [0.3, 0.4) is 0 Å². The Morgan fingerprint density at radius 1 is 1.33 bits per heavy atom. The van der Waals surface area contributed by atoms with Crippen LogP contribution in [0, 0.1) is 0 Å². The molecule has 0 unspecified atom stereocenters. The molecule has 3 heterocycles. The first-order valence-electron chi connectivity index (χ1n) is 10.2. The van der Waals surface area contributed by atoms with Crippen LogP contribution >= 0.6 is 24.0 Å². The summed E-state index contributed by atoms with van der Waals surface area (Å²) in [4.78, 5) is 21.3. The molecule has 1 aromatic carbocycles. The highest BCUT2D eigenvalue weighted by molar-refractivity contribution is 14.0. The number of anilines is 1. The number of aromatic nitrogens is 2. The first-order chi connectivity index (χ1) is 14.1. The molecule has 1 N–H and O–H groups in total. The Labute approximate surface area is 194 Å². The molecule has 4 rings (SSSR count). The van der Waals surface area contributed by atoms with Crippen molar-refractivity contribution >= 4 is 41.5 Å². The standard InChI is InChI=1S/C21H28N6O2.HI/c1-3-22-21(23-8-6-16-4-5-19-17(12-16)7-11-29-19)26-9-10-27(20(28)15-26)18-13-24-25(2)14-18;/h4-5,12-14H,3,6-11,15H2,1-2H3,(H,22,23);1H. The predicted molar refractivity (Wildman–Crippen MR) is 128 cm³/mol. The summed E-state index contributed by atoms with van der Waals surface area (Å²) in [7, 11) is 1.86. The minimum absolute atomic E-state index is 0. The number of rotatable bonds is 5. The summed E-state index contributed by atoms with van der Waals surface area (Å²) in [6.45, 7) is 5.95. The number of guanidine groups is 1. The Bertz CT molecular complexity index is 913. The molecular formula is C21H29IN6O2. The van der Waals surface area contributed by atoms with Crippen LogP contribution in [0.15, 0.2) is 35.6 Å². The van der Waals surface area contributed by atoms with Gasteiger partial charge in [0.1, 0.15) is 12.3 Å². The van der Waals surface area contributed by atoms with Crippen LogP contribution in [-0.2, 0) is 24.7 Å². The van der Waals surface area contributed by atoms with Crippen LogP contribution in [0.2, 0.25) is 0 Å². The Morgan fingerprint density at radius 2 is 2.20 bits per heavy atom. The fourth-order valence-corrected chi connectivity index (χ4v) is 3.79. The molecule has 2 aromatic rings. The second-order valence-electron chi connectivity index (χ2n) is 7.37. The number of fused-ring (bicyclic) bond motifs is 1. The number of ether oxygens (including phenoxy) is 1. The highest BCUT2D eigenvalue weighted by Gasteiger charge is 2.27. The number of benzene rings is 1. The van der Waals surface area contributed by atoms with E-state index in [1.54, 1.807) is 15.8 Å². The first kappa shape index (κ1) is 22.4. The molecule has 0 radical (unpaired) electrons. The molecule has 30 heavy (non-hydrogen) atoms. The van der Waals surface area contributed by atoms with E-state index in [1.165, 1.54) is 11.1 Å². The number of nitrogens with one attached hydrogen (secondary N) is 1. The molecule has 9 heteroatoms. The number of halogens is 1. The Kier molecular flexibility index (Phi) is 7.57. The molecule has 0 saturated carbocycles. The van der Waals surface area contributed by atoms with E-state index >= 15 is 0 Å². The van der Waals surface area contributed by atoms with Gasteiger partial charge in [0.25, 0.3) is 0 Å². The van der Waals surface area contributed by atoms with Gasteiger partial charge in [-0.15, -0.1) is 24.0 Å². The molecule has 1 aromatic heterocycles. The van der Waals surface area contributed by atoms with E-state index in [0.29, 0.717) is 19.6 Å². The van der Waals surface area contributed by atoms with E-state index in [1.807, 2.05) is 25.1 Å². The van der Waals surface area contributed by atoms with Gasteiger partial charge in [-0.2, -0.15) is 5.10 Å². The van der Waals surface area contributed by atoms with Gasteiger partial charge in [0.2, 0.25) is 5.91 Å². The number of aliphatic imine (C=N–C) groups is 1. The maximum atomic E-state index is 12.7. The summed E-state index contributed by atoms with van der Waals surface area (Å²) in [6, 6.07) is 6.40. The molecule has 0 atom stereocenters. The number of amides is 1. The molecule has 2 aliphatic rings. The second kappa shape index (κ2) is 10.1. The lowest BCUT2D eigenvalue weighted by Gasteiger charge is -2.35. The van der Waals surface area contributed by atoms with Crippen LogP contribution in [0.25, 0.3) is 0 Å². The van der Waals surface area contributed by atoms with Crippen molar-refractivity contribution in [3.8, 4) is 5.75 Å². The molecule has 0 spiro atoms. The molecule has 1 fully saturated rings. The van der Waals surface area contributed by atoms with Crippen molar-refractivity contribution in [1.82, 2.24) is 20.0 Å². The van der Waals surface area contributed by atoms with Gasteiger partial charge in [0.15, 0.2) is 5.96 Å². The van der Waals surface area contributed by atoms with Gasteiger partial charge in [-0.1, -0.05) is 12.1 Å². The fraction of sp³-hybridized carbons (Fsp3) is 0.476. The molecular weight excluding hydrogens is 495 g/mol. The normalized spacial score (nSPS) is 16.2. The van der Waals surface area contributed by atoms with Crippen LogP contribution in [-0.4, -0.2) is 65.9 Å². The van der Waals surface area contributed by atoms with E-state index in [-0.39, 0.29) is 29.9 Å². The van der Waals surface area contributed by atoms with Crippen LogP contribution < -0.4 is 15.0 Å². The van der Waals surface area contributed by atoms with Gasteiger partial charge in [0, 0.05) is 45.8 Å². The summed E-state index contributed by atoms with van der Waals surface area (Å²) in [6.07, 6.45) is 5.45. The van der Waals surface area contributed by atoms with Crippen LogP contribution in [0.4, 0.5) is 5.69 Å². The summed E-state index contributed by atoms with van der Waals surface area (Å²) in [5.74, 6) is 1.88. The van der Waals surface area contributed by atoms with Gasteiger partial charge >= 0.3 is 0 Å². The van der Waals surface area contributed by atoms with E-state index in [9.17, 15) is 4.79 Å². The van der Waals surface area contributed by atoms with E-state index in [4.69, 9.17) is 9.73 Å². The third kappa shape index (κ3) is 5.05. The number of nitrogens with zero attached hydrogens (tertiary/aromatic N) is 5. The van der Waals surface area contributed by atoms with E-state index in [2.05, 4.69) is 28.6 Å². The van der Waals surface area contributed by atoms with Crippen molar-refractivity contribution in [3.05, 3.63) is 41.7 Å². The van der Waals surface area contributed by atoms with Gasteiger partial charge in [-0.05, 0) is 30.5 Å². The third-order valence-electron chi connectivity index (χ3n) is 5.27. The summed E-state index contributed by atoms with van der Waals surface area (Å²) in [5.41, 5.74) is 3.40. The Balaban J connectivity index is 0.00000256. The summed E-state index contributed by atoms with van der Waals surface area (Å²) in [5, 5.41) is 7.49. The fourth-order valence-electron chi connectivity index (χ4n) is 3.79. The largest absolute Gasteiger partial charge is 0.493 e. The van der Waals surface area contributed by atoms with E-state index in [0.717, 1.165) is 49.9 Å². The van der Waals surface area contributed by atoms with Gasteiger partial charge in [-0.3, -0.25) is 14.5 Å². The number of hydrogen-bond donors (Lipinski definition) is 1. The zero-order valence-corrected chi connectivity index (χ0v) is 19.8. The highest BCUT2D eigenvalue weighted by atomic mass is 127. The maximum Gasteiger partial charge on any atom is 0.246 e. The second-order valence-corrected chi connectivity index (χ2v) is 7.37. The van der Waals surface area contributed by atoms with E-state index < -0.39 is 0 Å². The van der Waals surface area contributed by atoms with Crippen molar-refractivity contribution in [1.29, 1.82) is 0 Å². The molecule has 1 saturated heterocycles. The van der Waals surface area contributed by atoms with Gasteiger partial charge < -0.3 is 19.9 Å². The van der Waals surface area contributed by atoms with Crippen LogP contribution in [0.1, 0.15) is 18.1 Å². The third-order valence-corrected chi connectivity index (χ3v) is 5.27. The zero-order chi connectivity index (χ0) is 20.2. The number of carbonyl (C=O) groups is 1. The maximum absolute atomic E-state index is 12.7. The Hall–Kier alpha value is -2.30. The van der Waals surface area contributed by atoms with Gasteiger partial charge in [-0.25, -0.2) is 0 Å². The molecule has 0 aliphatic carbocycles. The first-order valence-corrected chi connectivity index (χ1v) is 10.2. The molecule has 2 aliphatic heterocycles.